The summed E-state index contributed by atoms with van der Waals surface area (Å²) in [6.45, 7) is 6.75. The van der Waals surface area contributed by atoms with Crippen LogP contribution >= 0.6 is 24.8 Å². The van der Waals surface area contributed by atoms with Crippen LogP contribution in [0.4, 0.5) is 0 Å². The van der Waals surface area contributed by atoms with E-state index in [2.05, 4.69) is 86.6 Å². The summed E-state index contributed by atoms with van der Waals surface area (Å²) in [5, 5.41) is 5.66. The smallest absolute Gasteiger partial charge is 0.372 e. The monoisotopic (exact) mass is 688 g/mol. The van der Waals surface area contributed by atoms with Crippen molar-refractivity contribution in [2.75, 3.05) is 0 Å². The number of fused-ring (bicyclic) bond motifs is 2. The van der Waals surface area contributed by atoms with E-state index in [4.69, 9.17) is 0 Å². The van der Waals surface area contributed by atoms with Gasteiger partial charge < -0.3 is 20.3 Å². The maximum absolute atomic E-state index is 3.38. The molecule has 192 valence electrons. The maximum atomic E-state index is 3.38. The fraction of sp³-hybridized carbons (Fsp3) is 0.394. The van der Waals surface area contributed by atoms with Crippen LogP contribution in [-0.4, -0.2) is 0 Å². The SMILES string of the molecule is Cl.Cl.[CH2-]C[CH2-].[Hf+4].c1ccc2[cH-]c(C3CCCCC3)cc2c1.c1ccc2[cH-]c(C3CCCCC3)cc2c1. The zero-order chi connectivity index (χ0) is 22.9. The third-order valence-corrected chi connectivity index (χ3v) is 7.43. The predicted molar refractivity (Wildman–Crippen MR) is 161 cm³/mol. The van der Waals surface area contributed by atoms with Crippen LogP contribution in [0.1, 0.15) is 93.6 Å². The molecule has 0 N–H and O–H groups in total. The van der Waals surface area contributed by atoms with Crippen LogP contribution in [0.2, 0.25) is 0 Å². The van der Waals surface area contributed by atoms with Crippen molar-refractivity contribution >= 4 is 46.4 Å². The number of benzene rings is 2. The van der Waals surface area contributed by atoms with Gasteiger partial charge in [-0.2, -0.15) is 12.1 Å². The molecule has 4 aromatic carbocycles. The van der Waals surface area contributed by atoms with Gasteiger partial charge in [0.05, 0.1) is 0 Å². The summed E-state index contributed by atoms with van der Waals surface area (Å²) in [6.07, 6.45) is 14.9. The molecule has 0 nitrogen and oxygen atoms in total. The summed E-state index contributed by atoms with van der Waals surface area (Å²) >= 11 is 0. The first-order valence-corrected chi connectivity index (χ1v) is 13.2. The topological polar surface area (TPSA) is 0 Å². The molecular formula is C33H42Cl2Hf. The molecule has 2 aliphatic rings. The largest absolute Gasteiger partial charge is 4.00 e. The van der Waals surface area contributed by atoms with Crippen LogP contribution < -0.4 is 0 Å². The number of halogens is 2. The first-order valence-electron chi connectivity index (χ1n) is 13.2. The molecule has 0 spiro atoms. The van der Waals surface area contributed by atoms with Crippen LogP contribution in [0.3, 0.4) is 0 Å². The second kappa shape index (κ2) is 17.6. The van der Waals surface area contributed by atoms with E-state index in [0.29, 0.717) is 0 Å². The van der Waals surface area contributed by atoms with E-state index >= 15 is 0 Å². The van der Waals surface area contributed by atoms with E-state index in [1.807, 2.05) is 0 Å². The summed E-state index contributed by atoms with van der Waals surface area (Å²) in [5.74, 6) is 1.68. The summed E-state index contributed by atoms with van der Waals surface area (Å²) < 4.78 is 0. The van der Waals surface area contributed by atoms with Crippen LogP contribution in [0.15, 0.2) is 72.8 Å². The fourth-order valence-electron chi connectivity index (χ4n) is 5.69. The Kier molecular flexibility index (Phi) is 16.2. The second-order valence-corrected chi connectivity index (χ2v) is 9.86. The quantitative estimate of drug-likeness (QED) is 0.145. The zero-order valence-corrected chi connectivity index (χ0v) is 26.8. The Bertz CT molecular complexity index is 943. The van der Waals surface area contributed by atoms with Crippen molar-refractivity contribution in [3.63, 3.8) is 0 Å². The second-order valence-electron chi connectivity index (χ2n) is 9.86. The third-order valence-electron chi connectivity index (χ3n) is 7.43. The molecule has 2 aliphatic carbocycles. The Hall–Kier alpha value is -0.890. The van der Waals surface area contributed by atoms with Gasteiger partial charge in [0.2, 0.25) is 0 Å². The number of rotatable bonds is 2. The number of hydrogen-bond donors (Lipinski definition) is 0. The molecule has 2 saturated carbocycles. The van der Waals surface area contributed by atoms with Gasteiger partial charge in [-0.25, -0.2) is 0 Å². The van der Waals surface area contributed by atoms with Crippen molar-refractivity contribution in [2.45, 2.75) is 82.5 Å². The van der Waals surface area contributed by atoms with Crippen LogP contribution in [0.25, 0.3) is 21.5 Å². The normalized spacial score (nSPS) is 15.8. The van der Waals surface area contributed by atoms with E-state index in [9.17, 15) is 0 Å². The van der Waals surface area contributed by atoms with Crippen molar-refractivity contribution in [3.8, 4) is 0 Å². The molecule has 6 rings (SSSR count). The van der Waals surface area contributed by atoms with Gasteiger partial charge in [-0.05, 0) is 37.5 Å². The van der Waals surface area contributed by atoms with E-state index in [1.165, 1.54) is 85.8 Å². The van der Waals surface area contributed by atoms with Crippen molar-refractivity contribution < 1.29 is 25.8 Å². The van der Waals surface area contributed by atoms with E-state index in [-0.39, 0.29) is 50.7 Å². The van der Waals surface area contributed by atoms with E-state index in [1.54, 1.807) is 11.1 Å². The van der Waals surface area contributed by atoms with Gasteiger partial charge in [-0.3, -0.25) is 0 Å². The summed E-state index contributed by atoms with van der Waals surface area (Å²) in [7, 11) is 0. The first kappa shape index (κ1) is 33.1. The molecular weight excluding hydrogens is 646 g/mol. The third kappa shape index (κ3) is 9.14. The minimum atomic E-state index is 0. The van der Waals surface area contributed by atoms with Gasteiger partial charge in [0.1, 0.15) is 0 Å². The fourth-order valence-corrected chi connectivity index (χ4v) is 5.69. The van der Waals surface area contributed by atoms with Crippen molar-refractivity contribution in [3.05, 3.63) is 97.8 Å². The average Bonchev–Trinajstić information content (AvgIpc) is 3.51. The standard InChI is InChI=1S/2C15H17.C3H6.2ClH.Hf/c2*1-2-6-12(7-3-1)15-10-13-8-4-5-9-14(13)11-15;1-3-2;;;/h2*4-5,8-12H,1-3,6-7H2;1-3H2;2*1H;/q2*-1;-2;;;+4. The molecule has 0 aliphatic heterocycles. The van der Waals surface area contributed by atoms with Crippen molar-refractivity contribution in [2.24, 2.45) is 0 Å². The molecule has 3 heteroatoms. The van der Waals surface area contributed by atoms with E-state index in [0.717, 1.165) is 18.3 Å². The Morgan fingerprint density at radius 2 is 0.917 bits per heavy atom. The molecule has 0 radical (unpaired) electrons. The summed E-state index contributed by atoms with van der Waals surface area (Å²) in [5.41, 5.74) is 3.16. The van der Waals surface area contributed by atoms with Crippen molar-refractivity contribution in [1.29, 1.82) is 0 Å². The van der Waals surface area contributed by atoms with Gasteiger partial charge in [0, 0.05) is 0 Å². The molecule has 0 bridgehead atoms. The van der Waals surface area contributed by atoms with Gasteiger partial charge in [-0.15, -0.1) is 106 Å². The molecule has 0 unspecified atom stereocenters. The maximum Gasteiger partial charge on any atom is 4.00 e. The molecule has 0 amide bonds. The van der Waals surface area contributed by atoms with Crippen LogP contribution in [0.5, 0.6) is 0 Å². The molecule has 0 aromatic heterocycles. The van der Waals surface area contributed by atoms with Crippen LogP contribution in [-0.2, 0) is 25.8 Å². The zero-order valence-electron chi connectivity index (χ0n) is 21.6. The summed E-state index contributed by atoms with van der Waals surface area (Å²) in [4.78, 5) is 0. The molecule has 0 atom stereocenters. The summed E-state index contributed by atoms with van der Waals surface area (Å²) in [6, 6.07) is 27.0. The van der Waals surface area contributed by atoms with Crippen molar-refractivity contribution in [1.82, 2.24) is 0 Å². The Morgan fingerprint density at radius 3 is 1.25 bits per heavy atom. The van der Waals surface area contributed by atoms with Gasteiger partial charge >= 0.3 is 25.8 Å². The van der Waals surface area contributed by atoms with Gasteiger partial charge in [-0.1, -0.05) is 50.7 Å². The minimum Gasteiger partial charge on any atom is -0.372 e. The minimum absolute atomic E-state index is 0. The predicted octanol–water partition coefficient (Wildman–Crippen LogP) is 11.1. The van der Waals surface area contributed by atoms with E-state index < -0.39 is 0 Å². The first-order chi connectivity index (χ1) is 16.3. The van der Waals surface area contributed by atoms with Gasteiger partial charge in [0.15, 0.2) is 0 Å². The Morgan fingerprint density at radius 1 is 0.583 bits per heavy atom. The van der Waals surface area contributed by atoms with Crippen LogP contribution in [0, 0.1) is 13.8 Å². The average molecular weight is 688 g/mol. The molecule has 2 fully saturated rings. The van der Waals surface area contributed by atoms with Gasteiger partial charge in [0.25, 0.3) is 0 Å². The molecule has 36 heavy (non-hydrogen) atoms. The Labute approximate surface area is 251 Å². The molecule has 0 heterocycles. The molecule has 4 aromatic rings. The Balaban J connectivity index is 0.000000302. The molecule has 0 saturated heterocycles. The number of hydrogen-bond acceptors (Lipinski definition) is 0.